The maximum absolute atomic E-state index is 12.1. The molecular formula is C14H14N2O4. The molecule has 0 spiro atoms. The zero-order valence-electron chi connectivity index (χ0n) is 11.0. The predicted molar refractivity (Wildman–Crippen MR) is 71.6 cm³/mol. The summed E-state index contributed by atoms with van der Waals surface area (Å²) in [6, 6.07) is 6.82. The lowest BCUT2D eigenvalue weighted by atomic mass is 9.90. The Kier molecular flexibility index (Phi) is 3.02. The Balaban J connectivity index is 1.88. The second-order valence-electron chi connectivity index (χ2n) is 5.33. The molecule has 0 saturated carbocycles. The van der Waals surface area contributed by atoms with Crippen molar-refractivity contribution in [2.75, 3.05) is 19.8 Å². The van der Waals surface area contributed by atoms with Crippen LogP contribution < -0.4 is 5.56 Å². The average Bonchev–Trinajstić information content (AvgIpc) is 2.43. The van der Waals surface area contributed by atoms with Gasteiger partial charge >= 0.3 is 5.97 Å². The van der Waals surface area contributed by atoms with Crippen molar-refractivity contribution in [3.8, 4) is 0 Å². The monoisotopic (exact) mass is 274 g/mol. The van der Waals surface area contributed by atoms with Crippen molar-refractivity contribution in [3.05, 3.63) is 40.3 Å². The molecule has 0 amide bonds. The van der Waals surface area contributed by atoms with Crippen molar-refractivity contribution < 1.29 is 14.3 Å². The highest BCUT2D eigenvalue weighted by molar-refractivity contribution is 6.01. The van der Waals surface area contributed by atoms with Gasteiger partial charge in [-0.05, 0) is 6.07 Å². The van der Waals surface area contributed by atoms with Crippen LogP contribution in [0.3, 0.4) is 0 Å². The first-order valence-corrected chi connectivity index (χ1v) is 6.31. The lowest BCUT2D eigenvalue weighted by Crippen LogP contribution is -2.44. The Hall–Kier alpha value is -2.21. The Morgan fingerprint density at radius 2 is 2.10 bits per heavy atom. The summed E-state index contributed by atoms with van der Waals surface area (Å²) in [5, 5.41) is 7.05. The van der Waals surface area contributed by atoms with E-state index in [4.69, 9.17) is 9.47 Å². The number of H-pyrrole nitrogens is 1. The van der Waals surface area contributed by atoms with Crippen molar-refractivity contribution in [2.24, 2.45) is 5.41 Å². The fourth-order valence-corrected chi connectivity index (χ4v) is 2.11. The first kappa shape index (κ1) is 12.8. The largest absolute Gasteiger partial charge is 0.460 e. The molecule has 1 N–H and O–H groups in total. The van der Waals surface area contributed by atoms with Gasteiger partial charge < -0.3 is 9.47 Å². The van der Waals surface area contributed by atoms with E-state index in [0.29, 0.717) is 24.0 Å². The zero-order chi connectivity index (χ0) is 14.2. The van der Waals surface area contributed by atoms with Crippen LogP contribution in [0.25, 0.3) is 10.8 Å². The SMILES string of the molecule is CC1(COC(=O)c2n[nH]c(=O)c3ccccc23)COC1. The minimum absolute atomic E-state index is 0.117. The van der Waals surface area contributed by atoms with Gasteiger partial charge in [0.25, 0.3) is 5.56 Å². The third-order valence-electron chi connectivity index (χ3n) is 3.34. The number of hydrogen-bond donors (Lipinski definition) is 1. The molecule has 20 heavy (non-hydrogen) atoms. The molecule has 0 bridgehead atoms. The standard InChI is InChI=1S/C14H14N2O4/c1-14(6-19-7-14)8-20-13(18)11-9-4-2-3-5-10(9)12(17)16-15-11/h2-5H,6-8H2,1H3,(H,16,17). The van der Waals surface area contributed by atoms with Gasteiger partial charge in [0, 0.05) is 10.8 Å². The van der Waals surface area contributed by atoms with E-state index in [0.717, 1.165) is 0 Å². The van der Waals surface area contributed by atoms with E-state index >= 15 is 0 Å². The molecule has 0 radical (unpaired) electrons. The number of nitrogens with zero attached hydrogens (tertiary/aromatic N) is 1. The fraction of sp³-hybridized carbons (Fsp3) is 0.357. The van der Waals surface area contributed by atoms with Gasteiger partial charge in [-0.3, -0.25) is 4.79 Å². The first-order valence-electron chi connectivity index (χ1n) is 6.31. The van der Waals surface area contributed by atoms with E-state index in [1.165, 1.54) is 0 Å². The molecule has 1 saturated heterocycles. The van der Waals surface area contributed by atoms with E-state index in [-0.39, 0.29) is 23.3 Å². The molecule has 1 aliphatic heterocycles. The van der Waals surface area contributed by atoms with Crippen molar-refractivity contribution in [1.29, 1.82) is 0 Å². The number of carbonyl (C=O) groups is 1. The lowest BCUT2D eigenvalue weighted by molar-refractivity contribution is -0.127. The molecule has 104 valence electrons. The number of carbonyl (C=O) groups excluding carboxylic acids is 1. The summed E-state index contributed by atoms with van der Waals surface area (Å²) in [5.41, 5.74) is -0.311. The number of hydrogen-bond acceptors (Lipinski definition) is 5. The quantitative estimate of drug-likeness (QED) is 0.848. The molecule has 3 rings (SSSR count). The summed E-state index contributed by atoms with van der Waals surface area (Å²) in [4.78, 5) is 23.7. The summed E-state index contributed by atoms with van der Waals surface area (Å²) < 4.78 is 10.4. The van der Waals surface area contributed by atoms with Crippen LogP contribution in [0.1, 0.15) is 17.4 Å². The van der Waals surface area contributed by atoms with Crippen LogP contribution in [0.5, 0.6) is 0 Å². The molecule has 6 heteroatoms. The minimum atomic E-state index is -0.537. The first-order chi connectivity index (χ1) is 9.59. The Bertz CT molecular complexity index is 718. The molecular weight excluding hydrogens is 260 g/mol. The maximum atomic E-state index is 12.1. The predicted octanol–water partition coefficient (Wildman–Crippen LogP) is 1.12. The second-order valence-corrected chi connectivity index (χ2v) is 5.33. The van der Waals surface area contributed by atoms with Gasteiger partial charge in [0.1, 0.15) is 6.61 Å². The van der Waals surface area contributed by atoms with Crippen molar-refractivity contribution in [3.63, 3.8) is 0 Å². The molecule has 0 unspecified atom stereocenters. The van der Waals surface area contributed by atoms with Crippen LogP contribution in [-0.4, -0.2) is 36.0 Å². The van der Waals surface area contributed by atoms with E-state index < -0.39 is 5.97 Å². The molecule has 1 aliphatic rings. The molecule has 2 aromatic rings. The number of esters is 1. The van der Waals surface area contributed by atoms with Crippen LogP contribution in [0.2, 0.25) is 0 Å². The molecule has 6 nitrogen and oxygen atoms in total. The van der Waals surface area contributed by atoms with Gasteiger partial charge in [0.2, 0.25) is 0 Å². The van der Waals surface area contributed by atoms with E-state index in [1.54, 1.807) is 24.3 Å². The summed E-state index contributed by atoms with van der Waals surface area (Å²) in [5.74, 6) is -0.537. The number of fused-ring (bicyclic) bond motifs is 1. The van der Waals surface area contributed by atoms with Gasteiger partial charge in [-0.15, -0.1) is 0 Å². The van der Waals surface area contributed by atoms with Crippen molar-refractivity contribution in [2.45, 2.75) is 6.92 Å². The smallest absolute Gasteiger partial charge is 0.359 e. The van der Waals surface area contributed by atoms with Crippen LogP contribution in [0.15, 0.2) is 29.1 Å². The van der Waals surface area contributed by atoms with Crippen LogP contribution in [0, 0.1) is 5.41 Å². The molecule has 1 aromatic heterocycles. The maximum Gasteiger partial charge on any atom is 0.359 e. The third kappa shape index (κ3) is 2.18. The van der Waals surface area contributed by atoms with E-state index in [1.807, 2.05) is 6.92 Å². The molecule has 0 aliphatic carbocycles. The normalized spacial score (nSPS) is 16.6. The number of ether oxygens (including phenoxy) is 2. The lowest BCUT2D eigenvalue weighted by Gasteiger charge is -2.37. The number of benzene rings is 1. The molecule has 2 heterocycles. The van der Waals surface area contributed by atoms with Crippen LogP contribution in [0.4, 0.5) is 0 Å². The third-order valence-corrected chi connectivity index (χ3v) is 3.34. The summed E-state index contributed by atoms with van der Waals surface area (Å²) in [6.07, 6.45) is 0. The topological polar surface area (TPSA) is 81.3 Å². The van der Waals surface area contributed by atoms with Crippen molar-refractivity contribution in [1.82, 2.24) is 10.2 Å². The Morgan fingerprint density at radius 3 is 2.75 bits per heavy atom. The van der Waals surface area contributed by atoms with Gasteiger partial charge in [0.05, 0.1) is 18.6 Å². The number of rotatable bonds is 3. The minimum Gasteiger partial charge on any atom is -0.460 e. The van der Waals surface area contributed by atoms with Crippen LogP contribution in [-0.2, 0) is 9.47 Å². The van der Waals surface area contributed by atoms with Crippen LogP contribution >= 0.6 is 0 Å². The zero-order valence-corrected chi connectivity index (χ0v) is 11.0. The molecule has 1 fully saturated rings. The van der Waals surface area contributed by atoms with Crippen molar-refractivity contribution >= 4 is 16.7 Å². The second kappa shape index (κ2) is 4.72. The average molecular weight is 274 g/mol. The summed E-state index contributed by atoms with van der Waals surface area (Å²) >= 11 is 0. The van der Waals surface area contributed by atoms with E-state index in [2.05, 4.69) is 10.2 Å². The fourth-order valence-electron chi connectivity index (χ4n) is 2.11. The van der Waals surface area contributed by atoms with Gasteiger partial charge in [0.15, 0.2) is 5.69 Å². The summed E-state index contributed by atoms with van der Waals surface area (Å²) in [7, 11) is 0. The highest BCUT2D eigenvalue weighted by Gasteiger charge is 2.35. The molecule has 1 aromatic carbocycles. The highest BCUT2D eigenvalue weighted by atomic mass is 16.5. The number of aromatic nitrogens is 2. The van der Waals surface area contributed by atoms with Gasteiger partial charge in [-0.2, -0.15) is 5.10 Å². The Morgan fingerprint density at radius 1 is 1.40 bits per heavy atom. The summed E-state index contributed by atoms with van der Waals surface area (Å²) in [6.45, 7) is 3.43. The Labute approximate surface area is 114 Å². The van der Waals surface area contributed by atoms with Gasteiger partial charge in [-0.25, -0.2) is 9.89 Å². The number of aromatic amines is 1. The van der Waals surface area contributed by atoms with Gasteiger partial charge in [-0.1, -0.05) is 25.1 Å². The number of nitrogens with one attached hydrogen (secondary N) is 1. The highest BCUT2D eigenvalue weighted by Crippen LogP contribution is 2.27. The molecule has 0 atom stereocenters. The van der Waals surface area contributed by atoms with E-state index in [9.17, 15) is 9.59 Å².